The smallest absolute Gasteiger partial charge is 0.196 e. The Morgan fingerprint density at radius 2 is 1.91 bits per heavy atom. The summed E-state index contributed by atoms with van der Waals surface area (Å²) in [6, 6.07) is 0. The van der Waals surface area contributed by atoms with Crippen molar-refractivity contribution in [2.24, 2.45) is 5.92 Å². The van der Waals surface area contributed by atoms with Crippen LogP contribution in [0.3, 0.4) is 0 Å². The van der Waals surface area contributed by atoms with Crippen LogP contribution in [0, 0.1) is 5.92 Å². The van der Waals surface area contributed by atoms with E-state index in [1.807, 2.05) is 12.4 Å². The summed E-state index contributed by atoms with van der Waals surface area (Å²) < 4.78 is 0.657. The van der Waals surface area contributed by atoms with E-state index in [2.05, 4.69) is 39.7 Å². The minimum atomic E-state index is 0.657. The molecule has 0 aliphatic carbocycles. The molecule has 3 heteroatoms. The van der Waals surface area contributed by atoms with Crippen molar-refractivity contribution in [1.82, 2.24) is 9.97 Å². The second-order valence-corrected chi connectivity index (χ2v) is 3.67. The lowest BCUT2D eigenvalue weighted by Crippen LogP contribution is -1.95. The van der Waals surface area contributed by atoms with Gasteiger partial charge in [-0.1, -0.05) is 13.8 Å². The number of hydrogen-bond donors (Lipinski definition) is 0. The molecule has 0 aromatic carbocycles. The first-order valence-electron chi connectivity index (χ1n) is 3.65. The quantitative estimate of drug-likeness (QED) is 0.708. The van der Waals surface area contributed by atoms with E-state index in [9.17, 15) is 0 Å². The Hall–Kier alpha value is -0.440. The van der Waals surface area contributed by atoms with Gasteiger partial charge in [0.15, 0.2) is 4.73 Å². The first-order valence-corrected chi connectivity index (χ1v) is 4.44. The molecular weight excluding hydrogens is 204 g/mol. The zero-order chi connectivity index (χ0) is 8.27. The summed E-state index contributed by atoms with van der Waals surface area (Å²) in [5, 5.41) is 0. The van der Waals surface area contributed by atoms with E-state index >= 15 is 0 Å². The highest BCUT2D eigenvalue weighted by atomic mass is 79.9. The Bertz CT molecular complexity index is 218. The lowest BCUT2D eigenvalue weighted by atomic mass is 10.1. The van der Waals surface area contributed by atoms with Gasteiger partial charge in [0.2, 0.25) is 0 Å². The Labute approximate surface area is 75.2 Å². The highest BCUT2D eigenvalue weighted by Gasteiger charge is 1.97. The van der Waals surface area contributed by atoms with Crippen molar-refractivity contribution in [1.29, 1.82) is 0 Å². The van der Waals surface area contributed by atoms with Gasteiger partial charge in [0, 0.05) is 12.4 Å². The van der Waals surface area contributed by atoms with Crippen LogP contribution in [0.4, 0.5) is 0 Å². The fraction of sp³-hybridized carbons (Fsp3) is 0.500. The van der Waals surface area contributed by atoms with Gasteiger partial charge in [-0.2, -0.15) is 0 Å². The third kappa shape index (κ3) is 2.97. The molecule has 60 valence electrons. The van der Waals surface area contributed by atoms with E-state index in [0.717, 1.165) is 6.42 Å². The number of halogens is 1. The molecule has 2 nitrogen and oxygen atoms in total. The SMILES string of the molecule is CC(C)Cc1cnc(Br)nc1. The fourth-order valence-corrected chi connectivity index (χ4v) is 1.12. The second kappa shape index (κ2) is 3.81. The van der Waals surface area contributed by atoms with E-state index in [4.69, 9.17) is 0 Å². The number of aromatic nitrogens is 2. The van der Waals surface area contributed by atoms with Crippen LogP contribution in [0.15, 0.2) is 17.1 Å². The summed E-state index contributed by atoms with van der Waals surface area (Å²) in [5.74, 6) is 0.666. The molecule has 0 unspecified atom stereocenters. The Morgan fingerprint density at radius 1 is 1.36 bits per heavy atom. The van der Waals surface area contributed by atoms with Gasteiger partial charge in [-0.05, 0) is 33.8 Å². The minimum Gasteiger partial charge on any atom is -0.230 e. The molecule has 0 aliphatic heterocycles. The molecule has 0 amide bonds. The fourth-order valence-electron chi connectivity index (χ4n) is 0.916. The van der Waals surface area contributed by atoms with Crippen LogP contribution in [0.5, 0.6) is 0 Å². The van der Waals surface area contributed by atoms with Crippen LogP contribution < -0.4 is 0 Å². The van der Waals surface area contributed by atoms with Gasteiger partial charge in [0.1, 0.15) is 0 Å². The standard InChI is InChI=1S/C8H11BrN2/c1-6(2)3-7-4-10-8(9)11-5-7/h4-6H,3H2,1-2H3. The molecule has 1 aromatic heterocycles. The molecule has 0 saturated carbocycles. The van der Waals surface area contributed by atoms with E-state index in [-0.39, 0.29) is 0 Å². The summed E-state index contributed by atoms with van der Waals surface area (Å²) >= 11 is 3.19. The lowest BCUT2D eigenvalue weighted by molar-refractivity contribution is 0.643. The summed E-state index contributed by atoms with van der Waals surface area (Å²) in [7, 11) is 0. The van der Waals surface area contributed by atoms with E-state index < -0.39 is 0 Å². The summed E-state index contributed by atoms with van der Waals surface area (Å²) in [4.78, 5) is 8.08. The van der Waals surface area contributed by atoms with E-state index in [0.29, 0.717) is 10.7 Å². The maximum atomic E-state index is 4.04. The third-order valence-electron chi connectivity index (χ3n) is 1.32. The molecule has 0 fully saturated rings. The van der Waals surface area contributed by atoms with Gasteiger partial charge in [-0.3, -0.25) is 0 Å². The first-order chi connectivity index (χ1) is 5.18. The summed E-state index contributed by atoms with van der Waals surface area (Å²) in [6.45, 7) is 4.37. The Morgan fingerprint density at radius 3 is 2.36 bits per heavy atom. The van der Waals surface area contributed by atoms with Crippen LogP contribution >= 0.6 is 15.9 Å². The van der Waals surface area contributed by atoms with Gasteiger partial charge < -0.3 is 0 Å². The van der Waals surface area contributed by atoms with Crippen LogP contribution in [-0.2, 0) is 6.42 Å². The predicted molar refractivity (Wildman–Crippen MR) is 48.3 cm³/mol. The van der Waals surface area contributed by atoms with Crippen molar-refractivity contribution in [3.63, 3.8) is 0 Å². The monoisotopic (exact) mass is 214 g/mol. The highest BCUT2D eigenvalue weighted by molar-refractivity contribution is 9.10. The van der Waals surface area contributed by atoms with Crippen molar-refractivity contribution >= 4 is 15.9 Å². The summed E-state index contributed by atoms with van der Waals surface area (Å²) in [6.07, 6.45) is 4.77. The lowest BCUT2D eigenvalue weighted by Gasteiger charge is -2.02. The molecular formula is C8H11BrN2. The molecule has 1 rings (SSSR count). The number of hydrogen-bond acceptors (Lipinski definition) is 2. The van der Waals surface area contributed by atoms with Gasteiger partial charge in [-0.15, -0.1) is 0 Å². The highest BCUT2D eigenvalue weighted by Crippen LogP contribution is 2.07. The maximum Gasteiger partial charge on any atom is 0.196 e. The molecule has 0 spiro atoms. The average Bonchev–Trinajstić information content (AvgIpc) is 1.93. The van der Waals surface area contributed by atoms with Crippen LogP contribution in [0.2, 0.25) is 0 Å². The van der Waals surface area contributed by atoms with Gasteiger partial charge in [0.25, 0.3) is 0 Å². The zero-order valence-electron chi connectivity index (χ0n) is 6.71. The van der Waals surface area contributed by atoms with Crippen LogP contribution in [-0.4, -0.2) is 9.97 Å². The molecule has 0 radical (unpaired) electrons. The van der Waals surface area contributed by atoms with Crippen molar-refractivity contribution < 1.29 is 0 Å². The molecule has 0 saturated heterocycles. The third-order valence-corrected chi connectivity index (χ3v) is 1.73. The van der Waals surface area contributed by atoms with Crippen LogP contribution in [0.1, 0.15) is 19.4 Å². The molecule has 0 atom stereocenters. The van der Waals surface area contributed by atoms with Gasteiger partial charge >= 0.3 is 0 Å². The molecule has 0 bridgehead atoms. The predicted octanol–water partition coefficient (Wildman–Crippen LogP) is 2.44. The van der Waals surface area contributed by atoms with E-state index in [1.54, 1.807) is 0 Å². The van der Waals surface area contributed by atoms with Gasteiger partial charge in [0.05, 0.1) is 0 Å². The first kappa shape index (κ1) is 8.65. The van der Waals surface area contributed by atoms with Crippen LogP contribution in [0.25, 0.3) is 0 Å². The largest absolute Gasteiger partial charge is 0.230 e. The van der Waals surface area contributed by atoms with Gasteiger partial charge in [-0.25, -0.2) is 9.97 Å². The minimum absolute atomic E-state index is 0.657. The molecule has 11 heavy (non-hydrogen) atoms. The maximum absolute atomic E-state index is 4.04. The van der Waals surface area contributed by atoms with Crippen molar-refractivity contribution in [2.45, 2.75) is 20.3 Å². The summed E-state index contributed by atoms with van der Waals surface area (Å²) in [5.41, 5.74) is 1.20. The molecule has 1 heterocycles. The Kier molecular flexibility index (Phi) is 3.00. The van der Waals surface area contributed by atoms with Crippen molar-refractivity contribution in [3.05, 3.63) is 22.7 Å². The normalized spacial score (nSPS) is 10.5. The molecule has 0 N–H and O–H groups in total. The Balaban J connectivity index is 2.66. The van der Waals surface area contributed by atoms with E-state index in [1.165, 1.54) is 5.56 Å². The van der Waals surface area contributed by atoms with Crippen molar-refractivity contribution in [3.8, 4) is 0 Å². The average molecular weight is 215 g/mol. The molecule has 1 aromatic rings. The second-order valence-electron chi connectivity index (χ2n) is 2.96. The zero-order valence-corrected chi connectivity index (χ0v) is 8.30. The number of rotatable bonds is 2. The topological polar surface area (TPSA) is 25.8 Å². The number of nitrogens with zero attached hydrogens (tertiary/aromatic N) is 2. The molecule has 0 aliphatic rings. The van der Waals surface area contributed by atoms with Crippen molar-refractivity contribution in [2.75, 3.05) is 0 Å².